The molecule has 0 aliphatic heterocycles. The summed E-state index contributed by atoms with van der Waals surface area (Å²) in [6, 6.07) is -4.26. The summed E-state index contributed by atoms with van der Waals surface area (Å²) in [4.78, 5) is 59.4. The van der Waals surface area contributed by atoms with Crippen LogP contribution in [0.15, 0.2) is 0 Å². The van der Waals surface area contributed by atoms with Crippen LogP contribution in [0.5, 0.6) is 0 Å². The van der Waals surface area contributed by atoms with E-state index in [-0.39, 0.29) is 12.3 Å². The first-order valence-electron chi connectivity index (χ1n) is 10.8. The summed E-state index contributed by atoms with van der Waals surface area (Å²) in [5.41, 5.74) is 11.3. The van der Waals surface area contributed by atoms with Crippen LogP contribution in [0.3, 0.4) is 0 Å². The fraction of sp³-hybridized carbons (Fsp3) is 0.750. The quantitative estimate of drug-likeness (QED) is 0.139. The molecule has 32 heavy (non-hydrogen) atoms. The number of hydrogen-bond donors (Lipinski definition) is 7. The predicted molar refractivity (Wildman–Crippen MR) is 116 cm³/mol. The van der Waals surface area contributed by atoms with E-state index in [2.05, 4.69) is 16.0 Å². The van der Waals surface area contributed by atoms with Gasteiger partial charge in [-0.1, -0.05) is 26.7 Å². The fourth-order valence-electron chi connectivity index (χ4n) is 2.79. The van der Waals surface area contributed by atoms with E-state index >= 15 is 0 Å². The van der Waals surface area contributed by atoms with Crippen molar-refractivity contribution in [2.24, 2.45) is 17.4 Å². The largest absolute Gasteiger partial charge is 0.481 e. The van der Waals surface area contributed by atoms with Crippen LogP contribution in [-0.4, -0.2) is 70.6 Å². The van der Waals surface area contributed by atoms with Gasteiger partial charge in [-0.2, -0.15) is 0 Å². The van der Waals surface area contributed by atoms with Gasteiger partial charge in [0.1, 0.15) is 18.1 Å². The highest BCUT2D eigenvalue weighted by atomic mass is 16.4. The van der Waals surface area contributed by atoms with Crippen LogP contribution in [0, 0.1) is 5.92 Å². The Balaban J connectivity index is 5.04. The second kappa shape index (κ2) is 15.1. The van der Waals surface area contributed by atoms with Gasteiger partial charge in [0.25, 0.3) is 0 Å². The predicted octanol–water partition coefficient (Wildman–Crippen LogP) is -1.09. The molecule has 9 N–H and O–H groups in total. The average Bonchev–Trinajstić information content (AvgIpc) is 2.73. The third kappa shape index (κ3) is 11.0. The van der Waals surface area contributed by atoms with Crippen LogP contribution in [-0.2, 0) is 24.0 Å². The van der Waals surface area contributed by atoms with Crippen molar-refractivity contribution in [1.29, 1.82) is 0 Å². The van der Waals surface area contributed by atoms with Crippen molar-refractivity contribution >= 4 is 29.7 Å². The number of amides is 3. The van der Waals surface area contributed by atoms with Gasteiger partial charge in [-0.3, -0.25) is 19.2 Å². The molecule has 5 unspecified atom stereocenters. The number of rotatable bonds is 16. The summed E-state index contributed by atoms with van der Waals surface area (Å²) in [5, 5.41) is 25.2. The number of nitrogens with two attached hydrogens (primary N) is 2. The summed E-state index contributed by atoms with van der Waals surface area (Å²) in [6.07, 6.45) is 1.65. The van der Waals surface area contributed by atoms with E-state index in [1.807, 2.05) is 6.92 Å². The van der Waals surface area contributed by atoms with Gasteiger partial charge < -0.3 is 37.6 Å². The van der Waals surface area contributed by atoms with E-state index in [0.717, 1.165) is 6.42 Å². The smallest absolute Gasteiger partial charge is 0.326 e. The maximum Gasteiger partial charge on any atom is 0.326 e. The third-order valence-corrected chi connectivity index (χ3v) is 5.11. The summed E-state index contributed by atoms with van der Waals surface area (Å²) in [5.74, 6) is -4.72. The minimum absolute atomic E-state index is 0.257. The first kappa shape index (κ1) is 29.3. The molecule has 12 nitrogen and oxygen atoms in total. The molecule has 0 aromatic heterocycles. The van der Waals surface area contributed by atoms with Crippen LogP contribution in [0.25, 0.3) is 0 Å². The number of unbranched alkanes of at least 4 members (excludes halogenated alkanes) is 1. The molecular formula is C20H37N5O7. The number of aliphatic carboxylic acids is 2. The summed E-state index contributed by atoms with van der Waals surface area (Å²) >= 11 is 0. The highest BCUT2D eigenvalue weighted by Gasteiger charge is 2.30. The first-order chi connectivity index (χ1) is 14.9. The molecule has 0 heterocycles. The number of carboxylic acids is 2. The number of hydrogen-bond acceptors (Lipinski definition) is 7. The highest BCUT2D eigenvalue weighted by molar-refractivity contribution is 5.94. The zero-order chi connectivity index (χ0) is 24.8. The van der Waals surface area contributed by atoms with Crippen molar-refractivity contribution in [1.82, 2.24) is 16.0 Å². The van der Waals surface area contributed by atoms with E-state index in [0.29, 0.717) is 25.8 Å². The molecule has 12 heteroatoms. The van der Waals surface area contributed by atoms with Gasteiger partial charge in [0.2, 0.25) is 17.7 Å². The first-order valence-corrected chi connectivity index (χ1v) is 10.8. The van der Waals surface area contributed by atoms with Crippen molar-refractivity contribution in [2.45, 2.75) is 83.5 Å². The number of carboxylic acid groups (broad SMARTS) is 2. The molecule has 0 aromatic carbocycles. The molecule has 184 valence electrons. The minimum Gasteiger partial charge on any atom is -0.481 e. The Morgan fingerprint density at radius 1 is 0.875 bits per heavy atom. The van der Waals surface area contributed by atoms with Crippen LogP contribution in [0.2, 0.25) is 0 Å². The summed E-state index contributed by atoms with van der Waals surface area (Å²) < 4.78 is 0. The lowest BCUT2D eigenvalue weighted by Gasteiger charge is -2.27. The van der Waals surface area contributed by atoms with Crippen molar-refractivity contribution in [3.8, 4) is 0 Å². The van der Waals surface area contributed by atoms with Gasteiger partial charge >= 0.3 is 11.9 Å². The van der Waals surface area contributed by atoms with Gasteiger partial charge in [-0.25, -0.2) is 4.79 Å². The second-order valence-corrected chi connectivity index (χ2v) is 7.82. The number of carbonyl (C=O) groups excluding carboxylic acids is 3. The van der Waals surface area contributed by atoms with Crippen LogP contribution < -0.4 is 27.4 Å². The Kier molecular flexibility index (Phi) is 13.8. The van der Waals surface area contributed by atoms with E-state index in [1.165, 1.54) is 6.92 Å². The maximum absolute atomic E-state index is 12.8. The van der Waals surface area contributed by atoms with E-state index < -0.39 is 60.2 Å². The maximum atomic E-state index is 12.8. The normalized spacial score (nSPS) is 15.5. The molecule has 0 radical (unpaired) electrons. The zero-order valence-electron chi connectivity index (χ0n) is 18.9. The van der Waals surface area contributed by atoms with Gasteiger partial charge in [-0.15, -0.1) is 0 Å². The zero-order valence-corrected chi connectivity index (χ0v) is 18.9. The SMILES string of the molecule is CCC(C)C(NC(=O)C(N)CCCCN)C(=O)NC(C)C(=O)NC(CCC(=O)O)C(=O)O. The molecule has 0 saturated carbocycles. The molecule has 3 amide bonds. The highest BCUT2D eigenvalue weighted by Crippen LogP contribution is 2.10. The lowest BCUT2D eigenvalue weighted by molar-refractivity contribution is -0.143. The Hall–Kier alpha value is -2.73. The van der Waals surface area contributed by atoms with Crippen LogP contribution in [0.4, 0.5) is 0 Å². The Morgan fingerprint density at radius 3 is 2.00 bits per heavy atom. The Labute approximate surface area is 187 Å². The fourth-order valence-corrected chi connectivity index (χ4v) is 2.79. The standard InChI is InChI=1S/C20H37N5O7/c1-4-11(2)16(25-18(29)13(22)7-5-6-10-21)19(30)23-12(3)17(28)24-14(20(31)32)8-9-15(26)27/h11-14,16H,4-10,21-22H2,1-3H3,(H,23,30)(H,24,28)(H,25,29)(H,26,27)(H,31,32). The van der Waals surface area contributed by atoms with Crippen molar-refractivity contribution in [3.63, 3.8) is 0 Å². The molecule has 0 bridgehead atoms. The van der Waals surface area contributed by atoms with Gasteiger partial charge in [-0.05, 0) is 38.6 Å². The molecule has 0 fully saturated rings. The number of carbonyl (C=O) groups is 5. The van der Waals surface area contributed by atoms with Crippen LogP contribution >= 0.6 is 0 Å². The average molecular weight is 460 g/mol. The molecule has 0 aliphatic carbocycles. The van der Waals surface area contributed by atoms with E-state index in [4.69, 9.17) is 21.7 Å². The van der Waals surface area contributed by atoms with Crippen molar-refractivity contribution in [3.05, 3.63) is 0 Å². The van der Waals surface area contributed by atoms with Gasteiger partial charge in [0.15, 0.2) is 0 Å². The van der Waals surface area contributed by atoms with Crippen molar-refractivity contribution < 1.29 is 34.2 Å². The molecule has 0 saturated heterocycles. The van der Waals surface area contributed by atoms with Gasteiger partial charge in [0.05, 0.1) is 6.04 Å². The van der Waals surface area contributed by atoms with Crippen LogP contribution in [0.1, 0.15) is 59.3 Å². The molecule has 0 aromatic rings. The monoisotopic (exact) mass is 459 g/mol. The summed E-state index contributed by atoms with van der Waals surface area (Å²) in [7, 11) is 0. The van der Waals surface area contributed by atoms with E-state index in [9.17, 15) is 24.0 Å². The molecule has 5 atom stereocenters. The molecular weight excluding hydrogens is 422 g/mol. The third-order valence-electron chi connectivity index (χ3n) is 5.11. The Morgan fingerprint density at radius 2 is 1.50 bits per heavy atom. The van der Waals surface area contributed by atoms with Gasteiger partial charge in [0, 0.05) is 6.42 Å². The Bertz CT molecular complexity index is 658. The topological polar surface area (TPSA) is 214 Å². The molecule has 0 aliphatic rings. The lowest BCUT2D eigenvalue weighted by atomic mass is 9.97. The minimum atomic E-state index is -1.41. The molecule has 0 spiro atoms. The molecule has 0 rings (SSSR count). The number of nitrogens with one attached hydrogen (secondary N) is 3. The lowest BCUT2D eigenvalue weighted by Crippen LogP contribution is -2.58. The van der Waals surface area contributed by atoms with E-state index in [1.54, 1.807) is 6.92 Å². The summed E-state index contributed by atoms with van der Waals surface area (Å²) in [6.45, 7) is 5.46. The van der Waals surface area contributed by atoms with Crippen molar-refractivity contribution in [2.75, 3.05) is 6.54 Å². The second-order valence-electron chi connectivity index (χ2n) is 7.82.